The van der Waals surface area contributed by atoms with Gasteiger partial charge in [0.1, 0.15) is 5.40 Å². The molecule has 0 radical (unpaired) electrons. The largest absolute Gasteiger partial charge is 0.298 e. The van der Waals surface area contributed by atoms with Gasteiger partial charge in [-0.05, 0) is 31.0 Å². The standard InChI is InChI=1S/C8H9NOS/c9-5-11-8-3-1-2-6(4-8)7(8)10/h6H,1-4H2. The Labute approximate surface area is 70.0 Å². The molecule has 0 saturated heterocycles. The van der Waals surface area contributed by atoms with Crippen molar-refractivity contribution in [1.29, 1.82) is 5.26 Å². The van der Waals surface area contributed by atoms with Crippen LogP contribution in [0.15, 0.2) is 0 Å². The Bertz CT molecular complexity index is 241. The molecule has 11 heavy (non-hydrogen) atoms. The summed E-state index contributed by atoms with van der Waals surface area (Å²) in [5.41, 5.74) is 0. The molecule has 3 fully saturated rings. The van der Waals surface area contributed by atoms with Crippen molar-refractivity contribution < 1.29 is 4.79 Å². The number of ketones is 1. The third-order valence-corrected chi connectivity index (χ3v) is 3.82. The number of thiocyanates is 1. The number of fused-ring (bicyclic) bond motifs is 2. The molecule has 0 aromatic heterocycles. The van der Waals surface area contributed by atoms with Gasteiger partial charge in [0, 0.05) is 5.92 Å². The van der Waals surface area contributed by atoms with Gasteiger partial charge < -0.3 is 0 Å². The van der Waals surface area contributed by atoms with Crippen LogP contribution < -0.4 is 0 Å². The van der Waals surface area contributed by atoms with Gasteiger partial charge in [0.15, 0.2) is 5.78 Å². The first-order valence-corrected chi connectivity index (χ1v) is 4.71. The van der Waals surface area contributed by atoms with Crippen molar-refractivity contribution in [3.8, 4) is 5.40 Å². The van der Waals surface area contributed by atoms with Crippen molar-refractivity contribution in [2.24, 2.45) is 5.92 Å². The van der Waals surface area contributed by atoms with Gasteiger partial charge >= 0.3 is 0 Å². The third kappa shape index (κ3) is 0.824. The summed E-state index contributed by atoms with van der Waals surface area (Å²) in [6.45, 7) is 0. The minimum absolute atomic E-state index is 0.252. The lowest BCUT2D eigenvalue weighted by molar-refractivity contribution is -0.136. The molecule has 2 unspecified atom stereocenters. The summed E-state index contributed by atoms with van der Waals surface area (Å²) < 4.78 is -0.252. The van der Waals surface area contributed by atoms with E-state index >= 15 is 0 Å². The van der Waals surface area contributed by atoms with E-state index in [0.29, 0.717) is 11.7 Å². The summed E-state index contributed by atoms with van der Waals surface area (Å²) >= 11 is 1.18. The number of hydrogen-bond donors (Lipinski definition) is 0. The second-order valence-electron chi connectivity index (χ2n) is 3.35. The van der Waals surface area contributed by atoms with Crippen LogP contribution in [0, 0.1) is 16.6 Å². The first kappa shape index (κ1) is 7.17. The molecule has 0 spiro atoms. The molecule has 0 amide bonds. The first-order valence-electron chi connectivity index (χ1n) is 3.90. The smallest absolute Gasteiger partial charge is 0.153 e. The van der Waals surface area contributed by atoms with Crippen molar-refractivity contribution in [2.75, 3.05) is 0 Å². The molecule has 3 rings (SSSR count). The van der Waals surface area contributed by atoms with Crippen LogP contribution in [0.5, 0.6) is 0 Å². The van der Waals surface area contributed by atoms with Crippen molar-refractivity contribution in [3.05, 3.63) is 0 Å². The molecule has 0 N–H and O–H groups in total. The molecule has 3 heteroatoms. The van der Waals surface area contributed by atoms with Crippen LogP contribution in [0.1, 0.15) is 25.7 Å². The number of nitriles is 1. The summed E-state index contributed by atoms with van der Waals surface area (Å²) in [6, 6.07) is 0. The lowest BCUT2D eigenvalue weighted by atomic mass is 9.63. The fourth-order valence-corrected chi connectivity index (χ4v) is 3.13. The molecular formula is C8H9NOS. The minimum atomic E-state index is -0.252. The zero-order valence-electron chi connectivity index (χ0n) is 6.17. The SMILES string of the molecule is N#CSC12CCCC(C1)C2=O. The zero-order valence-corrected chi connectivity index (χ0v) is 6.99. The highest BCUT2D eigenvalue weighted by Crippen LogP contribution is 2.53. The Hall–Kier alpha value is -0.490. The predicted octanol–water partition coefficient (Wildman–Crippen LogP) is 1.71. The monoisotopic (exact) mass is 167 g/mol. The maximum atomic E-state index is 11.4. The van der Waals surface area contributed by atoms with Gasteiger partial charge in [-0.15, -0.1) is 0 Å². The quantitative estimate of drug-likeness (QED) is 0.558. The maximum Gasteiger partial charge on any atom is 0.153 e. The summed E-state index contributed by atoms with van der Waals surface area (Å²) in [5, 5.41) is 10.5. The van der Waals surface area contributed by atoms with Crippen molar-refractivity contribution in [2.45, 2.75) is 30.4 Å². The van der Waals surface area contributed by atoms with E-state index in [0.717, 1.165) is 25.7 Å². The van der Waals surface area contributed by atoms with Crippen LogP contribution >= 0.6 is 11.8 Å². The van der Waals surface area contributed by atoms with Gasteiger partial charge in [-0.1, -0.05) is 6.42 Å². The van der Waals surface area contributed by atoms with Gasteiger partial charge in [-0.2, -0.15) is 5.26 Å². The Morgan fingerprint density at radius 2 is 2.55 bits per heavy atom. The van der Waals surface area contributed by atoms with E-state index < -0.39 is 0 Å². The molecule has 2 nitrogen and oxygen atoms in total. The average Bonchev–Trinajstić information content (AvgIpc) is 2.05. The van der Waals surface area contributed by atoms with E-state index in [2.05, 4.69) is 0 Å². The van der Waals surface area contributed by atoms with E-state index in [1.54, 1.807) is 0 Å². The van der Waals surface area contributed by atoms with Crippen LogP contribution in [0.3, 0.4) is 0 Å². The molecule has 3 saturated carbocycles. The number of carbonyl (C=O) groups is 1. The maximum absolute atomic E-state index is 11.4. The molecule has 3 aliphatic carbocycles. The van der Waals surface area contributed by atoms with Crippen LogP contribution in [0.4, 0.5) is 0 Å². The Balaban J connectivity index is 2.16. The summed E-state index contributed by atoms with van der Waals surface area (Å²) in [5.74, 6) is 0.653. The number of rotatable bonds is 1. The molecule has 3 aliphatic rings. The van der Waals surface area contributed by atoms with E-state index in [9.17, 15) is 4.79 Å². The van der Waals surface area contributed by atoms with E-state index in [1.807, 2.05) is 5.40 Å². The van der Waals surface area contributed by atoms with Crippen molar-refractivity contribution in [3.63, 3.8) is 0 Å². The highest BCUT2D eigenvalue weighted by Gasteiger charge is 2.56. The lowest BCUT2D eigenvalue weighted by Crippen LogP contribution is -2.55. The fraction of sp³-hybridized carbons (Fsp3) is 0.750. The van der Waals surface area contributed by atoms with Crippen LogP contribution in [0.25, 0.3) is 0 Å². The number of nitrogens with zero attached hydrogens (tertiary/aromatic N) is 1. The average molecular weight is 167 g/mol. The molecule has 0 aromatic rings. The Kier molecular flexibility index (Phi) is 1.47. The number of Topliss-reactive ketones (excluding diaryl/α,β-unsaturated/α-hetero) is 1. The predicted molar refractivity (Wildman–Crippen MR) is 42.9 cm³/mol. The molecule has 2 atom stereocenters. The highest BCUT2D eigenvalue weighted by molar-refractivity contribution is 8.05. The molecule has 0 aliphatic heterocycles. The second kappa shape index (κ2) is 2.25. The summed E-state index contributed by atoms with van der Waals surface area (Å²) in [6.07, 6.45) is 4.09. The normalized spacial score (nSPS) is 41.0. The van der Waals surface area contributed by atoms with Crippen molar-refractivity contribution >= 4 is 17.5 Å². The molecule has 58 valence electrons. The molecular weight excluding hydrogens is 158 g/mol. The lowest BCUT2D eigenvalue weighted by Gasteiger charge is -2.48. The second-order valence-corrected chi connectivity index (χ2v) is 4.51. The number of hydrogen-bond acceptors (Lipinski definition) is 3. The van der Waals surface area contributed by atoms with Gasteiger partial charge in [0.25, 0.3) is 0 Å². The van der Waals surface area contributed by atoms with Gasteiger partial charge in [0.2, 0.25) is 0 Å². The Morgan fingerprint density at radius 1 is 1.73 bits per heavy atom. The van der Waals surface area contributed by atoms with Crippen LogP contribution in [0.2, 0.25) is 0 Å². The summed E-state index contributed by atoms with van der Waals surface area (Å²) in [4.78, 5) is 11.4. The van der Waals surface area contributed by atoms with Crippen LogP contribution in [-0.2, 0) is 4.79 Å². The molecule has 0 heterocycles. The van der Waals surface area contributed by atoms with E-state index in [1.165, 1.54) is 11.8 Å². The molecule has 0 aromatic carbocycles. The fourth-order valence-electron chi connectivity index (χ4n) is 2.16. The Morgan fingerprint density at radius 3 is 3.09 bits per heavy atom. The van der Waals surface area contributed by atoms with Gasteiger partial charge in [-0.3, -0.25) is 4.79 Å². The van der Waals surface area contributed by atoms with Gasteiger partial charge in [0.05, 0.1) is 4.75 Å². The zero-order chi connectivity index (χ0) is 7.90. The van der Waals surface area contributed by atoms with Crippen molar-refractivity contribution in [1.82, 2.24) is 0 Å². The first-order chi connectivity index (χ1) is 5.28. The molecule has 2 bridgehead atoms. The number of carbonyl (C=O) groups excluding carboxylic acids is 1. The number of thioether (sulfide) groups is 1. The topological polar surface area (TPSA) is 40.9 Å². The van der Waals surface area contributed by atoms with E-state index in [4.69, 9.17) is 5.26 Å². The highest BCUT2D eigenvalue weighted by atomic mass is 32.2. The van der Waals surface area contributed by atoms with Crippen LogP contribution in [-0.4, -0.2) is 10.5 Å². The third-order valence-electron chi connectivity index (χ3n) is 2.77. The van der Waals surface area contributed by atoms with Gasteiger partial charge in [-0.25, -0.2) is 0 Å². The minimum Gasteiger partial charge on any atom is -0.298 e. The van der Waals surface area contributed by atoms with E-state index in [-0.39, 0.29) is 4.75 Å². The summed E-state index contributed by atoms with van der Waals surface area (Å²) in [7, 11) is 0.